The zero-order valence-electron chi connectivity index (χ0n) is 10.6. The molecule has 1 N–H and O–H groups in total. The molecule has 1 nitrogen and oxygen atoms in total. The second kappa shape index (κ2) is 6.00. The fourth-order valence-corrected chi connectivity index (χ4v) is 3.90. The molecule has 0 bridgehead atoms. The molecule has 1 aliphatic heterocycles. The summed E-state index contributed by atoms with van der Waals surface area (Å²) in [6, 6.07) is 16.8. The minimum absolute atomic E-state index is 0.625. The van der Waals surface area contributed by atoms with Gasteiger partial charge in [0.2, 0.25) is 0 Å². The minimum atomic E-state index is 0.625. The number of nitrogens with one attached hydrogen (secondary N) is 1. The van der Waals surface area contributed by atoms with E-state index in [4.69, 9.17) is 11.6 Å². The van der Waals surface area contributed by atoms with E-state index < -0.39 is 0 Å². The van der Waals surface area contributed by atoms with Crippen molar-refractivity contribution in [1.29, 1.82) is 0 Å². The van der Waals surface area contributed by atoms with Crippen molar-refractivity contribution in [3.8, 4) is 0 Å². The summed E-state index contributed by atoms with van der Waals surface area (Å²) in [5, 5.41) is 4.35. The molecule has 1 heterocycles. The van der Waals surface area contributed by atoms with Gasteiger partial charge in [-0.3, -0.25) is 0 Å². The Morgan fingerprint density at radius 1 is 1.16 bits per heavy atom. The zero-order valence-corrected chi connectivity index (χ0v) is 12.2. The summed E-state index contributed by atoms with van der Waals surface area (Å²) in [6.07, 6.45) is 0. The molecular weight excluding hydrogens is 274 g/mol. The van der Waals surface area contributed by atoms with Gasteiger partial charge < -0.3 is 5.32 Å². The van der Waals surface area contributed by atoms with Crippen LogP contribution in [0.1, 0.15) is 17.0 Å². The Labute approximate surface area is 123 Å². The summed E-state index contributed by atoms with van der Waals surface area (Å²) in [7, 11) is 0. The van der Waals surface area contributed by atoms with Crippen molar-refractivity contribution in [3.63, 3.8) is 0 Å². The van der Waals surface area contributed by atoms with Crippen LogP contribution >= 0.6 is 23.4 Å². The fourth-order valence-electron chi connectivity index (χ4n) is 2.44. The number of rotatable bonds is 4. The van der Waals surface area contributed by atoms with Gasteiger partial charge in [-0.2, -0.15) is 0 Å². The van der Waals surface area contributed by atoms with Crippen LogP contribution in [0.4, 0.5) is 0 Å². The molecule has 1 atom stereocenters. The molecular formula is C16H16ClNS. The summed E-state index contributed by atoms with van der Waals surface area (Å²) in [6.45, 7) is 1.90. The van der Waals surface area contributed by atoms with Crippen molar-refractivity contribution in [2.75, 3.05) is 12.3 Å². The van der Waals surface area contributed by atoms with E-state index in [2.05, 4.69) is 35.6 Å². The Balaban J connectivity index is 1.57. The lowest BCUT2D eigenvalue weighted by Crippen LogP contribution is -2.21. The van der Waals surface area contributed by atoms with Gasteiger partial charge in [0.25, 0.3) is 0 Å². The van der Waals surface area contributed by atoms with E-state index in [0.717, 1.165) is 18.1 Å². The average Bonchev–Trinajstić information content (AvgIpc) is 2.83. The van der Waals surface area contributed by atoms with E-state index in [0.29, 0.717) is 5.92 Å². The molecule has 2 aromatic rings. The molecule has 0 saturated carbocycles. The van der Waals surface area contributed by atoms with Crippen molar-refractivity contribution >= 4 is 23.4 Å². The van der Waals surface area contributed by atoms with Gasteiger partial charge in [-0.15, -0.1) is 11.8 Å². The first-order valence-electron chi connectivity index (χ1n) is 6.50. The molecule has 3 rings (SSSR count). The Morgan fingerprint density at radius 2 is 2.05 bits per heavy atom. The summed E-state index contributed by atoms with van der Waals surface area (Å²) < 4.78 is 0. The molecule has 19 heavy (non-hydrogen) atoms. The number of thioether (sulfide) groups is 1. The number of hydrogen-bond donors (Lipinski definition) is 1. The lowest BCUT2D eigenvalue weighted by atomic mass is 10.0. The second-order valence-electron chi connectivity index (χ2n) is 4.81. The van der Waals surface area contributed by atoms with Gasteiger partial charge in [-0.05, 0) is 29.3 Å². The van der Waals surface area contributed by atoms with E-state index in [1.54, 1.807) is 0 Å². The van der Waals surface area contributed by atoms with Gasteiger partial charge in [0.05, 0.1) is 0 Å². The van der Waals surface area contributed by atoms with Crippen LogP contribution in [-0.2, 0) is 6.54 Å². The van der Waals surface area contributed by atoms with Crippen LogP contribution in [0.5, 0.6) is 0 Å². The monoisotopic (exact) mass is 289 g/mol. The van der Waals surface area contributed by atoms with E-state index in [9.17, 15) is 0 Å². The molecule has 3 heteroatoms. The molecule has 0 saturated heterocycles. The normalized spacial score (nSPS) is 17.4. The van der Waals surface area contributed by atoms with E-state index >= 15 is 0 Å². The van der Waals surface area contributed by atoms with Gasteiger partial charge in [0.15, 0.2) is 0 Å². The highest BCUT2D eigenvalue weighted by atomic mass is 35.5. The number of fused-ring (bicyclic) bond motifs is 1. The van der Waals surface area contributed by atoms with Gasteiger partial charge >= 0.3 is 0 Å². The molecule has 2 aromatic carbocycles. The molecule has 1 unspecified atom stereocenters. The Hall–Kier alpha value is -0.960. The third kappa shape index (κ3) is 3.14. The third-order valence-electron chi connectivity index (χ3n) is 3.41. The molecule has 0 amide bonds. The molecule has 1 aliphatic rings. The molecule has 0 aliphatic carbocycles. The Morgan fingerprint density at radius 3 is 2.95 bits per heavy atom. The van der Waals surface area contributed by atoms with Crippen LogP contribution in [0, 0.1) is 0 Å². The van der Waals surface area contributed by atoms with Crippen LogP contribution < -0.4 is 5.32 Å². The van der Waals surface area contributed by atoms with Crippen LogP contribution in [0.3, 0.4) is 0 Å². The number of hydrogen-bond acceptors (Lipinski definition) is 2. The van der Waals surface area contributed by atoms with Crippen LogP contribution in [0.2, 0.25) is 5.02 Å². The Kier molecular flexibility index (Phi) is 4.12. The molecule has 0 fully saturated rings. The van der Waals surface area contributed by atoms with Crippen LogP contribution in [0.15, 0.2) is 53.4 Å². The van der Waals surface area contributed by atoms with E-state index in [1.165, 1.54) is 21.8 Å². The first-order valence-corrected chi connectivity index (χ1v) is 7.86. The topological polar surface area (TPSA) is 12.0 Å². The van der Waals surface area contributed by atoms with Gasteiger partial charge in [0, 0.05) is 34.7 Å². The molecule has 0 radical (unpaired) electrons. The second-order valence-corrected chi connectivity index (χ2v) is 6.30. The predicted molar refractivity (Wildman–Crippen MR) is 83.1 cm³/mol. The summed E-state index contributed by atoms with van der Waals surface area (Å²) in [5.74, 6) is 1.81. The maximum absolute atomic E-state index is 5.99. The van der Waals surface area contributed by atoms with Gasteiger partial charge in [-0.1, -0.05) is 41.9 Å². The van der Waals surface area contributed by atoms with Gasteiger partial charge in [0.1, 0.15) is 0 Å². The standard InChI is InChI=1S/C16H16ClNS/c17-14-5-3-4-12(8-14)9-18-10-13-11-19-16-7-2-1-6-15(13)16/h1-8,13,18H,9-11H2. The van der Waals surface area contributed by atoms with Crippen molar-refractivity contribution in [1.82, 2.24) is 5.32 Å². The van der Waals surface area contributed by atoms with Crippen LogP contribution in [0.25, 0.3) is 0 Å². The van der Waals surface area contributed by atoms with Crippen molar-refractivity contribution in [2.45, 2.75) is 17.4 Å². The maximum Gasteiger partial charge on any atom is 0.0409 e. The summed E-state index contributed by atoms with van der Waals surface area (Å²) in [5.41, 5.74) is 2.73. The van der Waals surface area contributed by atoms with E-state index in [1.807, 2.05) is 30.0 Å². The molecule has 0 spiro atoms. The number of benzene rings is 2. The van der Waals surface area contributed by atoms with Crippen molar-refractivity contribution < 1.29 is 0 Å². The molecule has 98 valence electrons. The van der Waals surface area contributed by atoms with Gasteiger partial charge in [-0.25, -0.2) is 0 Å². The smallest absolute Gasteiger partial charge is 0.0409 e. The summed E-state index contributed by atoms with van der Waals surface area (Å²) in [4.78, 5) is 1.44. The Bertz CT molecular complexity index is 570. The highest BCUT2D eigenvalue weighted by molar-refractivity contribution is 7.99. The quantitative estimate of drug-likeness (QED) is 0.900. The van der Waals surface area contributed by atoms with Crippen molar-refractivity contribution in [2.24, 2.45) is 0 Å². The van der Waals surface area contributed by atoms with E-state index in [-0.39, 0.29) is 0 Å². The molecule has 0 aromatic heterocycles. The highest BCUT2D eigenvalue weighted by Crippen LogP contribution is 2.38. The fraction of sp³-hybridized carbons (Fsp3) is 0.250. The summed E-state index contributed by atoms with van der Waals surface area (Å²) >= 11 is 7.95. The lowest BCUT2D eigenvalue weighted by Gasteiger charge is -2.12. The maximum atomic E-state index is 5.99. The predicted octanol–water partition coefficient (Wildman–Crippen LogP) is 4.32. The first kappa shape index (κ1) is 13.0. The highest BCUT2D eigenvalue weighted by Gasteiger charge is 2.21. The average molecular weight is 290 g/mol. The zero-order chi connectivity index (χ0) is 13.1. The number of halogens is 1. The van der Waals surface area contributed by atoms with Crippen molar-refractivity contribution in [3.05, 3.63) is 64.7 Å². The minimum Gasteiger partial charge on any atom is -0.312 e. The van der Waals surface area contributed by atoms with Crippen LogP contribution in [-0.4, -0.2) is 12.3 Å². The lowest BCUT2D eigenvalue weighted by molar-refractivity contribution is 0.621. The SMILES string of the molecule is Clc1cccc(CNCC2CSc3ccccc32)c1. The first-order chi connectivity index (χ1) is 9.33. The largest absolute Gasteiger partial charge is 0.312 e. The third-order valence-corrected chi connectivity index (χ3v) is 4.89.